The summed E-state index contributed by atoms with van der Waals surface area (Å²) in [7, 11) is 1.56. The summed E-state index contributed by atoms with van der Waals surface area (Å²) in [4.78, 5) is 4.81. The van der Waals surface area contributed by atoms with E-state index in [0.29, 0.717) is 22.0 Å². The topological polar surface area (TPSA) is 33.6 Å². The van der Waals surface area contributed by atoms with Gasteiger partial charge in [0, 0.05) is 18.2 Å². The summed E-state index contributed by atoms with van der Waals surface area (Å²) in [6, 6.07) is 6.22. The number of rotatable bonds is 3. The number of hydrogen-bond donors (Lipinski definition) is 1. The van der Waals surface area contributed by atoms with Gasteiger partial charge in [-0.3, -0.25) is 0 Å². The Hall–Kier alpha value is -0.770. The molecule has 0 bridgehead atoms. The summed E-state index contributed by atoms with van der Waals surface area (Å²) >= 11 is 12.1. The molecule has 1 aliphatic heterocycles. The van der Waals surface area contributed by atoms with Gasteiger partial charge < -0.3 is 10.2 Å². The monoisotopic (exact) mass is 300 g/mol. The molecule has 1 aromatic rings. The van der Waals surface area contributed by atoms with Gasteiger partial charge in [0.2, 0.25) is 0 Å². The first-order valence-electron chi connectivity index (χ1n) is 6.38. The zero-order valence-electron chi connectivity index (χ0n) is 11.1. The number of benzene rings is 1. The second-order valence-electron chi connectivity index (χ2n) is 4.83. The van der Waals surface area contributed by atoms with Gasteiger partial charge in [0.25, 0.3) is 0 Å². The van der Waals surface area contributed by atoms with Crippen LogP contribution in [0.2, 0.25) is 10.0 Å². The van der Waals surface area contributed by atoms with Crippen molar-refractivity contribution in [3.8, 4) is 0 Å². The van der Waals surface area contributed by atoms with Gasteiger partial charge in [-0.15, -0.1) is 0 Å². The SMILES string of the molecule is CO/N=C/C1C(C)NCCC1c1ccc(Cl)c(Cl)c1. The fourth-order valence-corrected chi connectivity index (χ4v) is 2.95. The number of nitrogens with one attached hydrogen (secondary N) is 1. The van der Waals surface area contributed by atoms with Crippen molar-refractivity contribution < 1.29 is 4.84 Å². The highest BCUT2D eigenvalue weighted by atomic mass is 35.5. The normalized spacial score (nSPS) is 27.7. The highest BCUT2D eigenvalue weighted by molar-refractivity contribution is 6.42. The Morgan fingerprint density at radius 1 is 1.37 bits per heavy atom. The number of oxime groups is 1. The molecule has 1 heterocycles. The lowest BCUT2D eigenvalue weighted by Gasteiger charge is -2.35. The molecule has 3 atom stereocenters. The minimum atomic E-state index is 0.283. The molecule has 1 fully saturated rings. The van der Waals surface area contributed by atoms with Crippen LogP contribution in [-0.4, -0.2) is 25.9 Å². The molecule has 1 N–H and O–H groups in total. The van der Waals surface area contributed by atoms with E-state index in [2.05, 4.69) is 17.4 Å². The van der Waals surface area contributed by atoms with Crippen molar-refractivity contribution in [2.75, 3.05) is 13.7 Å². The third-order valence-corrected chi connectivity index (χ3v) is 4.41. The summed E-state index contributed by atoms with van der Waals surface area (Å²) in [6.45, 7) is 3.15. The lowest BCUT2D eigenvalue weighted by Crippen LogP contribution is -2.44. The lowest BCUT2D eigenvalue weighted by molar-refractivity contribution is 0.209. The van der Waals surface area contributed by atoms with Crippen LogP contribution in [0.25, 0.3) is 0 Å². The Bertz CT molecular complexity index is 465. The lowest BCUT2D eigenvalue weighted by atomic mass is 9.78. The molecule has 0 amide bonds. The van der Waals surface area contributed by atoms with Crippen molar-refractivity contribution in [1.82, 2.24) is 5.32 Å². The maximum atomic E-state index is 6.12. The molecule has 0 spiro atoms. The Morgan fingerprint density at radius 3 is 2.84 bits per heavy atom. The quantitative estimate of drug-likeness (QED) is 0.682. The Kier molecular flexibility index (Phi) is 5.08. The Morgan fingerprint density at radius 2 is 2.16 bits per heavy atom. The van der Waals surface area contributed by atoms with Gasteiger partial charge in [0.1, 0.15) is 7.11 Å². The summed E-state index contributed by atoms with van der Waals surface area (Å²) in [5, 5.41) is 8.59. The summed E-state index contributed by atoms with van der Waals surface area (Å²) in [5.74, 6) is 0.663. The molecule has 2 rings (SSSR count). The van der Waals surface area contributed by atoms with Crippen molar-refractivity contribution in [2.24, 2.45) is 11.1 Å². The van der Waals surface area contributed by atoms with E-state index < -0.39 is 0 Å². The zero-order valence-corrected chi connectivity index (χ0v) is 12.6. The van der Waals surface area contributed by atoms with Crippen LogP contribution >= 0.6 is 23.2 Å². The highest BCUT2D eigenvalue weighted by Gasteiger charge is 2.30. The van der Waals surface area contributed by atoms with Gasteiger partial charge >= 0.3 is 0 Å². The summed E-state index contributed by atoms with van der Waals surface area (Å²) in [6.07, 6.45) is 2.92. The average Bonchev–Trinajstić information content (AvgIpc) is 2.40. The van der Waals surface area contributed by atoms with Crippen LogP contribution in [0.4, 0.5) is 0 Å². The third-order valence-electron chi connectivity index (χ3n) is 3.67. The van der Waals surface area contributed by atoms with Gasteiger partial charge in [-0.2, -0.15) is 0 Å². The van der Waals surface area contributed by atoms with Crippen molar-refractivity contribution in [3.63, 3.8) is 0 Å². The van der Waals surface area contributed by atoms with Gasteiger partial charge in [-0.1, -0.05) is 34.4 Å². The van der Waals surface area contributed by atoms with Crippen LogP contribution in [0.5, 0.6) is 0 Å². The molecule has 0 saturated carbocycles. The Labute approximate surface area is 123 Å². The smallest absolute Gasteiger partial charge is 0.106 e. The van der Waals surface area contributed by atoms with Crippen LogP contribution in [-0.2, 0) is 4.84 Å². The number of piperidine rings is 1. The molecule has 0 aliphatic carbocycles. The second kappa shape index (κ2) is 6.60. The molecule has 3 nitrogen and oxygen atoms in total. The fraction of sp³-hybridized carbons (Fsp3) is 0.500. The largest absolute Gasteiger partial charge is 0.399 e. The van der Waals surface area contributed by atoms with E-state index in [0.717, 1.165) is 13.0 Å². The minimum Gasteiger partial charge on any atom is -0.399 e. The van der Waals surface area contributed by atoms with E-state index in [4.69, 9.17) is 28.0 Å². The molecular weight excluding hydrogens is 283 g/mol. The number of hydrogen-bond acceptors (Lipinski definition) is 3. The maximum Gasteiger partial charge on any atom is 0.106 e. The van der Waals surface area contributed by atoms with E-state index in [1.54, 1.807) is 7.11 Å². The number of halogens is 2. The molecule has 1 saturated heterocycles. The summed E-state index contributed by atoms with van der Waals surface area (Å²) in [5.41, 5.74) is 1.20. The van der Waals surface area contributed by atoms with Crippen molar-refractivity contribution >= 4 is 29.4 Å². The van der Waals surface area contributed by atoms with Gasteiger partial charge in [0.05, 0.1) is 10.0 Å². The molecular formula is C14H18Cl2N2O. The van der Waals surface area contributed by atoms with Crippen LogP contribution in [0.3, 0.4) is 0 Å². The number of nitrogens with zero attached hydrogens (tertiary/aromatic N) is 1. The highest BCUT2D eigenvalue weighted by Crippen LogP contribution is 2.35. The summed E-state index contributed by atoms with van der Waals surface area (Å²) < 4.78 is 0. The Balaban J connectivity index is 2.28. The van der Waals surface area contributed by atoms with Crippen molar-refractivity contribution in [2.45, 2.75) is 25.3 Å². The van der Waals surface area contributed by atoms with E-state index >= 15 is 0 Å². The molecule has 0 radical (unpaired) electrons. The van der Waals surface area contributed by atoms with Gasteiger partial charge in [-0.25, -0.2) is 0 Å². The second-order valence-corrected chi connectivity index (χ2v) is 5.64. The van der Waals surface area contributed by atoms with E-state index in [9.17, 15) is 0 Å². The van der Waals surface area contributed by atoms with Crippen LogP contribution < -0.4 is 5.32 Å². The van der Waals surface area contributed by atoms with Crippen LogP contribution in [0.15, 0.2) is 23.4 Å². The van der Waals surface area contributed by atoms with Crippen molar-refractivity contribution in [1.29, 1.82) is 0 Å². The first-order valence-corrected chi connectivity index (χ1v) is 7.14. The minimum absolute atomic E-state index is 0.283. The van der Waals surface area contributed by atoms with Gasteiger partial charge in [-0.05, 0) is 43.5 Å². The molecule has 0 aromatic heterocycles. The molecule has 3 unspecified atom stereocenters. The molecule has 1 aromatic carbocycles. The predicted molar refractivity (Wildman–Crippen MR) is 80.3 cm³/mol. The molecule has 5 heteroatoms. The average molecular weight is 301 g/mol. The third kappa shape index (κ3) is 3.41. The predicted octanol–water partition coefficient (Wildman–Crippen LogP) is 3.71. The van der Waals surface area contributed by atoms with Crippen LogP contribution in [0.1, 0.15) is 24.8 Å². The van der Waals surface area contributed by atoms with E-state index in [1.807, 2.05) is 24.4 Å². The first kappa shape index (κ1) is 14.6. The molecule has 104 valence electrons. The van der Waals surface area contributed by atoms with Gasteiger partial charge in [0.15, 0.2) is 0 Å². The van der Waals surface area contributed by atoms with Crippen molar-refractivity contribution in [3.05, 3.63) is 33.8 Å². The molecule has 19 heavy (non-hydrogen) atoms. The maximum absolute atomic E-state index is 6.12. The zero-order chi connectivity index (χ0) is 13.8. The molecule has 1 aliphatic rings. The first-order chi connectivity index (χ1) is 9.13. The van der Waals surface area contributed by atoms with E-state index in [-0.39, 0.29) is 5.92 Å². The standard InChI is InChI=1S/C14H18Cl2N2O/c1-9-12(8-18-19-2)11(5-6-17-9)10-3-4-13(15)14(16)7-10/h3-4,7-9,11-12,17H,5-6H2,1-2H3/b18-8+. The fourth-order valence-electron chi connectivity index (χ4n) is 2.64. The van der Waals surface area contributed by atoms with E-state index in [1.165, 1.54) is 5.56 Å². The van der Waals surface area contributed by atoms with Crippen LogP contribution in [0, 0.1) is 5.92 Å².